The molecule has 5 rings (SSSR count). The van der Waals surface area contributed by atoms with E-state index < -0.39 is 5.72 Å². The van der Waals surface area contributed by atoms with E-state index in [1.165, 1.54) is 11.0 Å². The first-order valence-electron chi connectivity index (χ1n) is 13.4. The van der Waals surface area contributed by atoms with Gasteiger partial charge in [-0.25, -0.2) is 0 Å². The molecule has 1 amide bonds. The molecule has 8 heteroatoms. The van der Waals surface area contributed by atoms with Crippen molar-refractivity contribution in [3.05, 3.63) is 119 Å². The van der Waals surface area contributed by atoms with Crippen LogP contribution in [-0.2, 0) is 22.6 Å². The Morgan fingerprint density at radius 1 is 1.00 bits per heavy atom. The number of carbonyl (C=O) groups is 1. The van der Waals surface area contributed by atoms with Crippen LogP contribution in [0.15, 0.2) is 103 Å². The minimum Gasteiger partial charge on any atom is -0.488 e. The van der Waals surface area contributed by atoms with Gasteiger partial charge < -0.3 is 25.0 Å². The maximum Gasteiger partial charge on any atom is 0.252 e. The third kappa shape index (κ3) is 6.45. The number of ether oxygens (including phenoxy) is 1. The second-order valence-electron chi connectivity index (χ2n) is 10.0. The number of rotatable bonds is 12. The number of carbonyl (C=O) groups excluding carboxylic acids is 1. The molecule has 1 aliphatic rings. The predicted molar refractivity (Wildman–Crippen MR) is 159 cm³/mol. The van der Waals surface area contributed by atoms with E-state index >= 15 is 0 Å². The average molecular weight is 557 g/mol. The fourth-order valence-electron chi connectivity index (χ4n) is 4.91. The van der Waals surface area contributed by atoms with Crippen LogP contribution in [0.25, 0.3) is 10.9 Å². The summed E-state index contributed by atoms with van der Waals surface area (Å²) in [6.07, 6.45) is 3.43. The minimum atomic E-state index is -1.57. The minimum absolute atomic E-state index is 0.241. The van der Waals surface area contributed by atoms with Gasteiger partial charge in [-0.3, -0.25) is 9.78 Å². The lowest BCUT2D eigenvalue weighted by molar-refractivity contribution is -0.148. The summed E-state index contributed by atoms with van der Waals surface area (Å²) in [6, 6.07) is 27.0. The molecule has 0 aliphatic carbocycles. The standard InChI is InChI=1S/C32H33ClN4O3/c1-36(17-16-35-28-14-15-34-29-20-26(33)12-13-27(28)29)18-19-37-31(38)21-30(40-23-25-10-6-3-7-11-25)32(37,39)22-24-8-4-2-5-9-24/h2-15,20-21,39H,16-19,22-23H2,1H3,(H,34,35). The summed E-state index contributed by atoms with van der Waals surface area (Å²) in [6.45, 7) is 2.64. The molecule has 2 N–H and O–H groups in total. The van der Waals surface area contributed by atoms with E-state index in [0.717, 1.165) is 34.3 Å². The Bertz CT molecular complexity index is 1480. The normalized spacial score (nSPS) is 16.9. The number of hydrogen-bond donors (Lipinski definition) is 2. The number of fused-ring (bicyclic) bond motifs is 1. The van der Waals surface area contributed by atoms with Gasteiger partial charge in [0, 0.05) is 61.0 Å². The zero-order valence-corrected chi connectivity index (χ0v) is 23.2. The zero-order chi connectivity index (χ0) is 28.0. The number of amides is 1. The Balaban J connectivity index is 1.21. The lowest BCUT2D eigenvalue weighted by atomic mass is 10.0. The maximum absolute atomic E-state index is 13.1. The van der Waals surface area contributed by atoms with E-state index in [4.69, 9.17) is 16.3 Å². The SMILES string of the molecule is CN(CCNc1ccnc2cc(Cl)ccc12)CCN1C(=O)C=C(OCc2ccccc2)C1(O)Cc1ccccc1. The van der Waals surface area contributed by atoms with Crippen LogP contribution >= 0.6 is 11.6 Å². The monoisotopic (exact) mass is 556 g/mol. The molecule has 0 saturated carbocycles. The van der Waals surface area contributed by atoms with Crippen molar-refractivity contribution in [3.63, 3.8) is 0 Å². The topological polar surface area (TPSA) is 77.9 Å². The van der Waals surface area contributed by atoms with E-state index in [-0.39, 0.29) is 24.7 Å². The van der Waals surface area contributed by atoms with Crippen LogP contribution in [-0.4, -0.2) is 64.7 Å². The molecule has 1 unspecified atom stereocenters. The second-order valence-corrected chi connectivity index (χ2v) is 10.4. The molecule has 2 heterocycles. The van der Waals surface area contributed by atoms with Crippen molar-refractivity contribution in [2.24, 2.45) is 0 Å². The molecule has 206 valence electrons. The van der Waals surface area contributed by atoms with Crippen molar-refractivity contribution in [1.82, 2.24) is 14.8 Å². The second kappa shape index (κ2) is 12.5. The number of anilines is 1. The van der Waals surface area contributed by atoms with E-state index in [1.54, 1.807) is 6.20 Å². The number of nitrogens with zero attached hydrogens (tertiary/aromatic N) is 3. The summed E-state index contributed by atoms with van der Waals surface area (Å²) in [4.78, 5) is 21.2. The van der Waals surface area contributed by atoms with Gasteiger partial charge in [-0.2, -0.15) is 0 Å². The maximum atomic E-state index is 13.1. The van der Waals surface area contributed by atoms with Crippen molar-refractivity contribution in [3.8, 4) is 0 Å². The van der Waals surface area contributed by atoms with Gasteiger partial charge in [0.05, 0.1) is 5.52 Å². The van der Waals surface area contributed by atoms with Crippen LogP contribution in [0.1, 0.15) is 11.1 Å². The third-order valence-corrected chi connectivity index (χ3v) is 7.35. The van der Waals surface area contributed by atoms with Crippen LogP contribution in [0.5, 0.6) is 0 Å². The molecule has 0 saturated heterocycles. The summed E-state index contributed by atoms with van der Waals surface area (Å²) in [7, 11) is 2.00. The molecule has 7 nitrogen and oxygen atoms in total. The van der Waals surface area contributed by atoms with E-state index in [1.807, 2.05) is 92.0 Å². The molecule has 1 atom stereocenters. The molecule has 1 aromatic heterocycles. The van der Waals surface area contributed by atoms with Gasteiger partial charge >= 0.3 is 0 Å². The fourth-order valence-corrected chi connectivity index (χ4v) is 5.08. The number of nitrogens with one attached hydrogen (secondary N) is 1. The molecule has 0 bridgehead atoms. The van der Waals surface area contributed by atoms with E-state index in [2.05, 4.69) is 15.2 Å². The molecular weight excluding hydrogens is 524 g/mol. The summed E-state index contributed by atoms with van der Waals surface area (Å²) in [5, 5.41) is 17.1. The summed E-state index contributed by atoms with van der Waals surface area (Å²) in [5.41, 5.74) is 2.15. The number of aliphatic hydroxyl groups is 1. The summed E-state index contributed by atoms with van der Waals surface area (Å²) >= 11 is 6.11. The Morgan fingerprint density at radius 3 is 2.48 bits per heavy atom. The van der Waals surface area contributed by atoms with Crippen LogP contribution < -0.4 is 5.32 Å². The van der Waals surface area contributed by atoms with Gasteiger partial charge in [-0.15, -0.1) is 0 Å². The number of pyridine rings is 1. The van der Waals surface area contributed by atoms with Crippen molar-refractivity contribution in [2.45, 2.75) is 18.8 Å². The smallest absolute Gasteiger partial charge is 0.252 e. The first kappa shape index (κ1) is 27.6. The summed E-state index contributed by atoms with van der Waals surface area (Å²) < 4.78 is 6.05. The van der Waals surface area contributed by atoms with Gasteiger partial charge in [0.25, 0.3) is 5.91 Å². The first-order valence-corrected chi connectivity index (χ1v) is 13.7. The van der Waals surface area contributed by atoms with E-state index in [9.17, 15) is 9.90 Å². The van der Waals surface area contributed by atoms with Gasteiger partial charge in [0.2, 0.25) is 5.72 Å². The molecule has 40 heavy (non-hydrogen) atoms. The quantitative estimate of drug-likeness (QED) is 0.253. The number of aromatic nitrogens is 1. The highest BCUT2D eigenvalue weighted by Crippen LogP contribution is 2.34. The fraction of sp³-hybridized carbons (Fsp3) is 0.250. The van der Waals surface area contributed by atoms with Crippen LogP contribution in [0.2, 0.25) is 5.02 Å². The first-order chi connectivity index (χ1) is 19.4. The Morgan fingerprint density at radius 2 is 1.73 bits per heavy atom. The van der Waals surface area contributed by atoms with Crippen molar-refractivity contribution in [1.29, 1.82) is 0 Å². The van der Waals surface area contributed by atoms with Crippen molar-refractivity contribution < 1.29 is 14.6 Å². The zero-order valence-electron chi connectivity index (χ0n) is 22.5. The highest BCUT2D eigenvalue weighted by molar-refractivity contribution is 6.31. The molecule has 0 radical (unpaired) electrons. The lowest BCUT2D eigenvalue weighted by Gasteiger charge is -2.36. The average Bonchev–Trinajstić information content (AvgIpc) is 3.19. The van der Waals surface area contributed by atoms with Crippen LogP contribution in [0, 0.1) is 0 Å². The number of halogens is 1. The largest absolute Gasteiger partial charge is 0.488 e. The lowest BCUT2D eigenvalue weighted by Crippen LogP contribution is -2.52. The highest BCUT2D eigenvalue weighted by atomic mass is 35.5. The summed E-state index contributed by atoms with van der Waals surface area (Å²) in [5.74, 6) is 0.0223. The van der Waals surface area contributed by atoms with Gasteiger partial charge in [0.1, 0.15) is 6.61 Å². The Kier molecular flexibility index (Phi) is 8.65. The molecule has 1 aliphatic heterocycles. The van der Waals surface area contributed by atoms with Crippen LogP contribution in [0.4, 0.5) is 5.69 Å². The predicted octanol–water partition coefficient (Wildman–Crippen LogP) is 5.11. The Labute approximate surface area is 239 Å². The highest BCUT2D eigenvalue weighted by Gasteiger charge is 2.47. The molecule has 0 spiro atoms. The Hall–Kier alpha value is -3.91. The van der Waals surface area contributed by atoms with E-state index in [0.29, 0.717) is 24.7 Å². The van der Waals surface area contributed by atoms with Gasteiger partial charge in [-0.05, 0) is 42.4 Å². The number of likely N-dealkylation sites (N-methyl/N-ethyl adjacent to an activating group) is 1. The van der Waals surface area contributed by atoms with Crippen molar-refractivity contribution >= 4 is 34.1 Å². The third-order valence-electron chi connectivity index (χ3n) is 7.11. The van der Waals surface area contributed by atoms with Gasteiger partial charge in [0.15, 0.2) is 5.76 Å². The van der Waals surface area contributed by atoms with Crippen LogP contribution in [0.3, 0.4) is 0 Å². The number of hydrogen-bond acceptors (Lipinski definition) is 6. The molecule has 0 fully saturated rings. The number of benzene rings is 3. The van der Waals surface area contributed by atoms with Crippen molar-refractivity contribution in [2.75, 3.05) is 38.5 Å². The molecule has 3 aromatic carbocycles. The molecule has 4 aromatic rings. The van der Waals surface area contributed by atoms with Gasteiger partial charge in [-0.1, -0.05) is 72.3 Å². The molecular formula is C32H33ClN4O3.